The standard InChI is InChI=1S/C17H15BrF2O5/c1-22-14-4-2-3-13(15(14)25-17(19)20)16(21)24-10-9-23-12-7-5-11(18)6-8-12/h2-8,17H,9-10H2,1H3. The van der Waals surface area contributed by atoms with Gasteiger partial charge in [-0.3, -0.25) is 0 Å². The lowest BCUT2D eigenvalue weighted by molar-refractivity contribution is -0.0518. The fourth-order valence-corrected chi connectivity index (χ4v) is 2.21. The minimum atomic E-state index is -3.09. The van der Waals surface area contributed by atoms with Crippen molar-refractivity contribution in [1.82, 2.24) is 0 Å². The van der Waals surface area contributed by atoms with E-state index in [1.807, 2.05) is 12.1 Å². The molecule has 0 atom stereocenters. The number of carbonyl (C=O) groups excluding carboxylic acids is 1. The minimum Gasteiger partial charge on any atom is -0.493 e. The van der Waals surface area contributed by atoms with Crippen LogP contribution in [-0.4, -0.2) is 32.9 Å². The Morgan fingerprint density at radius 1 is 1.12 bits per heavy atom. The van der Waals surface area contributed by atoms with Gasteiger partial charge in [0.1, 0.15) is 24.5 Å². The van der Waals surface area contributed by atoms with Crippen molar-refractivity contribution in [3.8, 4) is 17.2 Å². The Labute approximate surface area is 151 Å². The summed E-state index contributed by atoms with van der Waals surface area (Å²) in [5.41, 5.74) is -0.150. The first-order valence-corrected chi connectivity index (χ1v) is 7.98. The number of carbonyl (C=O) groups is 1. The maximum atomic E-state index is 12.5. The second-order valence-corrected chi connectivity index (χ2v) is 5.57. The molecule has 2 aromatic carbocycles. The Balaban J connectivity index is 1.95. The highest BCUT2D eigenvalue weighted by Crippen LogP contribution is 2.32. The fourth-order valence-electron chi connectivity index (χ4n) is 1.95. The average Bonchev–Trinajstić information content (AvgIpc) is 2.59. The summed E-state index contributed by atoms with van der Waals surface area (Å²) in [5.74, 6) is -0.545. The van der Waals surface area contributed by atoms with Crippen LogP contribution in [0.15, 0.2) is 46.9 Å². The lowest BCUT2D eigenvalue weighted by Crippen LogP contribution is -2.15. The summed E-state index contributed by atoms with van der Waals surface area (Å²) in [4.78, 5) is 12.1. The van der Waals surface area contributed by atoms with Crippen LogP contribution in [0.3, 0.4) is 0 Å². The van der Waals surface area contributed by atoms with Crippen molar-refractivity contribution < 1.29 is 32.5 Å². The quantitative estimate of drug-likeness (QED) is 0.474. The molecule has 0 saturated carbocycles. The van der Waals surface area contributed by atoms with Gasteiger partial charge in [-0.25, -0.2) is 4.79 Å². The Kier molecular flexibility index (Phi) is 7.00. The van der Waals surface area contributed by atoms with Gasteiger partial charge in [0.15, 0.2) is 11.5 Å². The summed E-state index contributed by atoms with van der Waals surface area (Å²) < 4.78 is 45.8. The zero-order valence-electron chi connectivity index (χ0n) is 13.2. The van der Waals surface area contributed by atoms with Crippen molar-refractivity contribution in [3.63, 3.8) is 0 Å². The summed E-state index contributed by atoms with van der Waals surface area (Å²) in [6, 6.07) is 11.3. The lowest BCUT2D eigenvalue weighted by Gasteiger charge is -2.14. The molecule has 0 aliphatic carbocycles. The Morgan fingerprint density at radius 3 is 2.48 bits per heavy atom. The van der Waals surface area contributed by atoms with E-state index in [-0.39, 0.29) is 30.3 Å². The maximum absolute atomic E-state index is 12.5. The van der Waals surface area contributed by atoms with Gasteiger partial charge in [0, 0.05) is 4.47 Å². The number of ether oxygens (including phenoxy) is 4. The zero-order chi connectivity index (χ0) is 18.2. The second-order valence-electron chi connectivity index (χ2n) is 4.65. The van der Waals surface area contributed by atoms with E-state index in [1.165, 1.54) is 25.3 Å². The van der Waals surface area contributed by atoms with Gasteiger partial charge in [0.05, 0.1) is 7.11 Å². The number of para-hydroxylation sites is 1. The van der Waals surface area contributed by atoms with Gasteiger partial charge in [0.2, 0.25) is 0 Å². The van der Waals surface area contributed by atoms with Crippen LogP contribution < -0.4 is 14.2 Å². The molecule has 8 heteroatoms. The monoisotopic (exact) mass is 416 g/mol. The first-order valence-electron chi connectivity index (χ1n) is 7.18. The third kappa shape index (κ3) is 5.60. The number of benzene rings is 2. The van der Waals surface area contributed by atoms with Gasteiger partial charge in [0.25, 0.3) is 0 Å². The molecule has 2 rings (SSSR count). The topological polar surface area (TPSA) is 54.0 Å². The van der Waals surface area contributed by atoms with Gasteiger partial charge in [-0.2, -0.15) is 8.78 Å². The third-order valence-corrected chi connectivity index (χ3v) is 3.55. The van der Waals surface area contributed by atoms with Crippen LogP contribution in [-0.2, 0) is 4.74 Å². The van der Waals surface area contributed by atoms with Gasteiger partial charge in [-0.05, 0) is 36.4 Å². The number of hydrogen-bond donors (Lipinski definition) is 0. The van der Waals surface area contributed by atoms with Crippen LogP contribution in [0.25, 0.3) is 0 Å². The molecule has 134 valence electrons. The van der Waals surface area contributed by atoms with Crippen molar-refractivity contribution in [2.75, 3.05) is 20.3 Å². The smallest absolute Gasteiger partial charge is 0.387 e. The highest BCUT2D eigenvalue weighted by Gasteiger charge is 2.21. The minimum absolute atomic E-state index is 0.0147. The molecule has 0 aromatic heterocycles. The molecule has 0 radical (unpaired) electrons. The largest absolute Gasteiger partial charge is 0.493 e. The third-order valence-electron chi connectivity index (χ3n) is 3.02. The Bertz CT molecular complexity index is 707. The number of alkyl halides is 2. The van der Waals surface area contributed by atoms with E-state index in [2.05, 4.69) is 20.7 Å². The maximum Gasteiger partial charge on any atom is 0.387 e. The fraction of sp³-hybridized carbons (Fsp3) is 0.235. The predicted molar refractivity (Wildman–Crippen MR) is 89.5 cm³/mol. The molecule has 0 amide bonds. The average molecular weight is 417 g/mol. The molecule has 0 heterocycles. The first-order chi connectivity index (χ1) is 12.0. The van der Waals surface area contributed by atoms with Crippen molar-refractivity contribution in [1.29, 1.82) is 0 Å². The van der Waals surface area contributed by atoms with Crippen molar-refractivity contribution in [3.05, 3.63) is 52.5 Å². The van der Waals surface area contributed by atoms with Crippen molar-refractivity contribution >= 4 is 21.9 Å². The predicted octanol–water partition coefficient (Wildman–Crippen LogP) is 4.29. The van der Waals surface area contributed by atoms with Crippen LogP contribution in [0.4, 0.5) is 8.78 Å². The van der Waals surface area contributed by atoms with E-state index < -0.39 is 12.6 Å². The van der Waals surface area contributed by atoms with Gasteiger partial charge in [-0.15, -0.1) is 0 Å². The molecule has 2 aromatic rings. The number of methoxy groups -OCH3 is 1. The molecule has 0 saturated heterocycles. The molecule has 0 N–H and O–H groups in total. The molecule has 0 unspecified atom stereocenters. The second kappa shape index (κ2) is 9.22. The van der Waals surface area contributed by atoms with Crippen molar-refractivity contribution in [2.45, 2.75) is 6.61 Å². The molecule has 25 heavy (non-hydrogen) atoms. The molecule has 0 fully saturated rings. The summed E-state index contributed by atoms with van der Waals surface area (Å²) >= 11 is 3.31. The normalized spacial score (nSPS) is 10.4. The molecule has 0 bridgehead atoms. The SMILES string of the molecule is COc1cccc(C(=O)OCCOc2ccc(Br)cc2)c1OC(F)F. The first kappa shape index (κ1) is 19.0. The van der Waals surface area contributed by atoms with Crippen LogP contribution in [0, 0.1) is 0 Å². The summed E-state index contributed by atoms with van der Waals surface area (Å²) in [5, 5.41) is 0. The number of esters is 1. The highest BCUT2D eigenvalue weighted by atomic mass is 79.9. The highest BCUT2D eigenvalue weighted by molar-refractivity contribution is 9.10. The van der Waals surface area contributed by atoms with E-state index in [0.717, 1.165) is 4.47 Å². The summed E-state index contributed by atoms with van der Waals surface area (Å²) in [7, 11) is 1.29. The van der Waals surface area contributed by atoms with Crippen LogP contribution in [0.5, 0.6) is 17.2 Å². The van der Waals surface area contributed by atoms with E-state index in [4.69, 9.17) is 14.2 Å². The van der Waals surface area contributed by atoms with Crippen LogP contribution >= 0.6 is 15.9 Å². The van der Waals surface area contributed by atoms with Gasteiger partial charge >= 0.3 is 12.6 Å². The number of halogens is 3. The van der Waals surface area contributed by atoms with Crippen LogP contribution in [0.2, 0.25) is 0 Å². The molecule has 5 nitrogen and oxygen atoms in total. The number of hydrogen-bond acceptors (Lipinski definition) is 5. The van der Waals surface area contributed by atoms with E-state index >= 15 is 0 Å². The Hall–Kier alpha value is -2.35. The molecular formula is C17H15BrF2O5. The number of rotatable bonds is 8. The van der Waals surface area contributed by atoms with Crippen LogP contribution in [0.1, 0.15) is 10.4 Å². The zero-order valence-corrected chi connectivity index (χ0v) is 14.8. The van der Waals surface area contributed by atoms with Gasteiger partial charge in [-0.1, -0.05) is 22.0 Å². The van der Waals surface area contributed by atoms with Crippen molar-refractivity contribution in [2.24, 2.45) is 0 Å². The molecule has 0 aliphatic heterocycles. The van der Waals surface area contributed by atoms with E-state index in [1.54, 1.807) is 12.1 Å². The molecule has 0 spiro atoms. The van der Waals surface area contributed by atoms with E-state index in [0.29, 0.717) is 5.75 Å². The molecule has 0 aliphatic rings. The van der Waals surface area contributed by atoms with Gasteiger partial charge < -0.3 is 18.9 Å². The summed E-state index contributed by atoms with van der Waals surface area (Å²) in [6.45, 7) is -3.04. The summed E-state index contributed by atoms with van der Waals surface area (Å²) in [6.07, 6.45) is 0. The Morgan fingerprint density at radius 2 is 1.84 bits per heavy atom. The molecular weight excluding hydrogens is 402 g/mol. The lowest BCUT2D eigenvalue weighted by atomic mass is 10.2. The van der Waals surface area contributed by atoms with E-state index in [9.17, 15) is 13.6 Å².